The van der Waals surface area contributed by atoms with Crippen molar-refractivity contribution in [3.63, 3.8) is 0 Å². The number of aliphatic hydroxyl groups excluding tert-OH is 2. The molecular formula is C29H48O3. The molecule has 0 aromatic heterocycles. The van der Waals surface area contributed by atoms with E-state index in [2.05, 4.69) is 54.2 Å². The van der Waals surface area contributed by atoms with Gasteiger partial charge in [-0.15, -0.1) is 0 Å². The Morgan fingerprint density at radius 2 is 1.81 bits per heavy atom. The van der Waals surface area contributed by atoms with E-state index in [0.717, 1.165) is 44.9 Å². The maximum absolute atomic E-state index is 12.4. The Hall–Kier alpha value is -0.640. The highest BCUT2D eigenvalue weighted by atomic mass is 16.3. The fraction of sp³-hybridized carbons (Fsp3) is 0.862. The smallest absolute Gasteiger partial charge is 0.0776 e. The monoisotopic (exact) mass is 444 g/mol. The van der Waals surface area contributed by atoms with Gasteiger partial charge in [-0.3, -0.25) is 0 Å². The number of allylic oxidation sites excluding steroid dienone is 1. The molecule has 0 saturated heterocycles. The Balaban J connectivity index is 1.62. The molecular weight excluding hydrogens is 396 g/mol. The van der Waals surface area contributed by atoms with Crippen LogP contribution in [0.25, 0.3) is 0 Å². The number of hydrogen-bond donors (Lipinski definition) is 3. The Kier molecular flexibility index (Phi) is 6.30. The van der Waals surface area contributed by atoms with E-state index >= 15 is 0 Å². The average molecular weight is 445 g/mol. The highest BCUT2D eigenvalue weighted by Gasteiger charge is 2.68. The zero-order valence-electron chi connectivity index (χ0n) is 21.4. The maximum Gasteiger partial charge on any atom is 0.0776 e. The second-order valence-electron chi connectivity index (χ2n) is 13.0. The second kappa shape index (κ2) is 8.24. The summed E-state index contributed by atoms with van der Waals surface area (Å²) in [5.74, 6) is 1.87. The van der Waals surface area contributed by atoms with Gasteiger partial charge in [-0.1, -0.05) is 65.3 Å². The first kappa shape index (κ1) is 24.5. The van der Waals surface area contributed by atoms with E-state index in [4.69, 9.17) is 0 Å². The summed E-state index contributed by atoms with van der Waals surface area (Å²) in [6.45, 7) is 17.9. The average Bonchev–Trinajstić information content (AvgIpc) is 3.06. The molecule has 3 nitrogen and oxygen atoms in total. The molecule has 182 valence electrons. The Morgan fingerprint density at radius 1 is 1.12 bits per heavy atom. The summed E-state index contributed by atoms with van der Waals surface area (Å²) >= 11 is 0. The van der Waals surface area contributed by atoms with Crippen LogP contribution in [-0.2, 0) is 0 Å². The van der Waals surface area contributed by atoms with Gasteiger partial charge < -0.3 is 15.3 Å². The first-order valence-corrected chi connectivity index (χ1v) is 13.3. The molecule has 0 spiro atoms. The van der Waals surface area contributed by atoms with Gasteiger partial charge in [0.1, 0.15) is 0 Å². The van der Waals surface area contributed by atoms with Gasteiger partial charge in [0.05, 0.1) is 17.8 Å². The Labute approximate surface area is 196 Å². The minimum Gasteiger partial charge on any atom is -0.393 e. The van der Waals surface area contributed by atoms with Crippen LogP contribution in [-0.4, -0.2) is 33.1 Å². The quantitative estimate of drug-likeness (QED) is 0.464. The van der Waals surface area contributed by atoms with E-state index in [-0.39, 0.29) is 34.7 Å². The number of fused-ring (bicyclic) bond motifs is 5. The van der Waals surface area contributed by atoms with Gasteiger partial charge in [0.2, 0.25) is 0 Å². The van der Waals surface area contributed by atoms with Crippen LogP contribution in [0.2, 0.25) is 0 Å². The summed E-state index contributed by atoms with van der Waals surface area (Å²) in [6.07, 6.45) is 8.95. The molecule has 3 heteroatoms. The van der Waals surface area contributed by atoms with Crippen molar-refractivity contribution in [2.45, 2.75) is 111 Å². The van der Waals surface area contributed by atoms with Crippen molar-refractivity contribution < 1.29 is 15.3 Å². The maximum atomic E-state index is 12.4. The molecule has 4 aliphatic carbocycles. The van der Waals surface area contributed by atoms with E-state index < -0.39 is 11.7 Å². The lowest BCUT2D eigenvalue weighted by Gasteiger charge is -2.64. The van der Waals surface area contributed by atoms with Gasteiger partial charge in [0, 0.05) is 11.8 Å². The largest absolute Gasteiger partial charge is 0.393 e. The summed E-state index contributed by atoms with van der Waals surface area (Å²) in [4.78, 5) is 0. The Bertz CT molecular complexity index is 770. The van der Waals surface area contributed by atoms with E-state index in [9.17, 15) is 15.3 Å². The van der Waals surface area contributed by atoms with Crippen molar-refractivity contribution in [3.8, 4) is 0 Å². The molecule has 0 bridgehead atoms. The molecule has 10 atom stereocenters. The van der Waals surface area contributed by atoms with Crippen LogP contribution in [0.15, 0.2) is 23.8 Å². The highest BCUT2D eigenvalue weighted by molar-refractivity contribution is 5.32. The lowest BCUT2D eigenvalue weighted by molar-refractivity contribution is -0.225. The molecule has 32 heavy (non-hydrogen) atoms. The third kappa shape index (κ3) is 3.48. The van der Waals surface area contributed by atoms with Gasteiger partial charge in [-0.2, -0.15) is 0 Å². The minimum absolute atomic E-state index is 0.0231. The van der Waals surface area contributed by atoms with Crippen LogP contribution in [0.3, 0.4) is 0 Å². The fourth-order valence-electron chi connectivity index (χ4n) is 9.18. The van der Waals surface area contributed by atoms with Gasteiger partial charge in [-0.05, 0) is 85.9 Å². The molecule has 3 saturated carbocycles. The van der Waals surface area contributed by atoms with E-state index in [1.807, 2.05) is 0 Å². The third-order valence-corrected chi connectivity index (χ3v) is 11.0. The minimum atomic E-state index is -0.845. The topological polar surface area (TPSA) is 60.7 Å². The summed E-state index contributed by atoms with van der Waals surface area (Å²) in [5, 5.41) is 34.5. The van der Waals surface area contributed by atoms with E-state index in [0.29, 0.717) is 24.2 Å². The molecule has 0 heterocycles. The van der Waals surface area contributed by atoms with E-state index in [1.165, 1.54) is 11.1 Å². The molecule has 0 unspecified atom stereocenters. The normalized spacial score (nSPS) is 49.1. The predicted octanol–water partition coefficient (Wildman–Crippen LogP) is 5.89. The van der Waals surface area contributed by atoms with Crippen molar-refractivity contribution in [3.05, 3.63) is 23.8 Å². The standard InChI is InChI=1S/C29H48O3/c1-17(2)18(3)8-9-19(4)21-10-11-25-28(21,7)16-24(31)26-27(6)14-13-23(30)20(5)22(27)12-15-29(25,26)32/h12,17,19-21,23-26,30-32H,3,8-11,13-16H2,1-2,4-7H3/t19-,20+,21-,23+,24+,25-,26-,27+,28-,29-/m1/s1. The lowest BCUT2D eigenvalue weighted by atomic mass is 9.43. The number of aliphatic hydroxyl groups is 3. The molecule has 3 N–H and O–H groups in total. The molecule has 0 aromatic rings. The van der Waals surface area contributed by atoms with Crippen molar-refractivity contribution in [2.75, 3.05) is 0 Å². The zero-order valence-corrected chi connectivity index (χ0v) is 21.4. The molecule has 0 amide bonds. The molecule has 0 aromatic carbocycles. The fourth-order valence-corrected chi connectivity index (χ4v) is 9.18. The van der Waals surface area contributed by atoms with Crippen molar-refractivity contribution in [1.82, 2.24) is 0 Å². The van der Waals surface area contributed by atoms with Crippen LogP contribution in [0, 0.1) is 46.3 Å². The first-order chi connectivity index (χ1) is 14.9. The third-order valence-electron chi connectivity index (χ3n) is 11.0. The molecule has 4 aliphatic rings. The van der Waals surface area contributed by atoms with Crippen LogP contribution in [0.1, 0.15) is 92.9 Å². The number of hydrogen-bond acceptors (Lipinski definition) is 3. The first-order valence-electron chi connectivity index (χ1n) is 13.3. The number of rotatable bonds is 5. The summed E-state index contributed by atoms with van der Waals surface area (Å²) in [5.41, 5.74) is 1.53. The summed E-state index contributed by atoms with van der Waals surface area (Å²) in [6, 6.07) is 0. The Morgan fingerprint density at radius 3 is 2.47 bits per heavy atom. The summed E-state index contributed by atoms with van der Waals surface area (Å²) in [7, 11) is 0. The summed E-state index contributed by atoms with van der Waals surface area (Å²) < 4.78 is 0. The molecule has 0 aliphatic heterocycles. The van der Waals surface area contributed by atoms with E-state index in [1.54, 1.807) is 0 Å². The second-order valence-corrected chi connectivity index (χ2v) is 13.0. The van der Waals surface area contributed by atoms with Crippen LogP contribution in [0.5, 0.6) is 0 Å². The van der Waals surface area contributed by atoms with Crippen LogP contribution >= 0.6 is 0 Å². The van der Waals surface area contributed by atoms with Gasteiger partial charge in [0.25, 0.3) is 0 Å². The lowest BCUT2D eigenvalue weighted by Crippen LogP contribution is -2.66. The zero-order chi connectivity index (χ0) is 23.6. The van der Waals surface area contributed by atoms with Crippen molar-refractivity contribution in [2.24, 2.45) is 46.3 Å². The van der Waals surface area contributed by atoms with Crippen molar-refractivity contribution in [1.29, 1.82) is 0 Å². The van der Waals surface area contributed by atoms with Gasteiger partial charge >= 0.3 is 0 Å². The van der Waals surface area contributed by atoms with Crippen LogP contribution < -0.4 is 0 Å². The van der Waals surface area contributed by atoms with Crippen LogP contribution in [0.4, 0.5) is 0 Å². The van der Waals surface area contributed by atoms with Crippen molar-refractivity contribution >= 4 is 0 Å². The molecule has 4 rings (SSSR count). The predicted molar refractivity (Wildman–Crippen MR) is 131 cm³/mol. The molecule has 3 fully saturated rings. The van der Waals surface area contributed by atoms with Gasteiger partial charge in [0.15, 0.2) is 0 Å². The SMILES string of the molecule is C=C(CC[C@@H](C)[C@H]1CC[C@@H]2[C@]1(C)C[C@H](O)[C@H]1[C@@]2(O)CC=C2[C@H](C)[C@@H](O)CC[C@@]21C)C(C)C. The van der Waals surface area contributed by atoms with Gasteiger partial charge in [-0.25, -0.2) is 0 Å². The molecule has 0 radical (unpaired) electrons. The highest BCUT2D eigenvalue weighted by Crippen LogP contribution is 2.69.